The third-order valence-corrected chi connectivity index (χ3v) is 3.96. The summed E-state index contributed by atoms with van der Waals surface area (Å²) in [5.74, 6) is -1.51. The van der Waals surface area contributed by atoms with Gasteiger partial charge in [0.2, 0.25) is 5.91 Å². The van der Waals surface area contributed by atoms with E-state index in [2.05, 4.69) is 37.2 Å². The molecular formula is C11H9Br2NO3. The number of halogens is 2. The van der Waals surface area contributed by atoms with Crippen molar-refractivity contribution in [3.8, 4) is 0 Å². The van der Waals surface area contributed by atoms with Crippen LogP contribution >= 0.6 is 31.9 Å². The summed E-state index contributed by atoms with van der Waals surface area (Å²) in [6, 6.07) is 5.32. The highest BCUT2D eigenvalue weighted by molar-refractivity contribution is 9.11. The van der Waals surface area contributed by atoms with Gasteiger partial charge in [0.1, 0.15) is 5.41 Å². The lowest BCUT2D eigenvalue weighted by atomic mass is 10.1. The molecule has 17 heavy (non-hydrogen) atoms. The molecule has 0 spiro atoms. The van der Waals surface area contributed by atoms with Gasteiger partial charge in [-0.1, -0.05) is 15.9 Å². The molecule has 1 amide bonds. The van der Waals surface area contributed by atoms with Crippen LogP contribution in [-0.2, 0) is 9.59 Å². The number of carboxylic acids is 1. The Morgan fingerprint density at radius 2 is 1.94 bits per heavy atom. The molecule has 4 nitrogen and oxygen atoms in total. The minimum absolute atomic E-state index is 0.403. The first kappa shape index (κ1) is 12.6. The summed E-state index contributed by atoms with van der Waals surface area (Å²) in [6.45, 7) is 0. The second-order valence-electron chi connectivity index (χ2n) is 3.97. The van der Waals surface area contributed by atoms with Gasteiger partial charge in [0, 0.05) is 8.95 Å². The Hall–Kier alpha value is -0.880. The predicted molar refractivity (Wildman–Crippen MR) is 69.8 cm³/mol. The first-order chi connectivity index (χ1) is 7.95. The predicted octanol–water partition coefficient (Wildman–Crippen LogP) is 3.01. The zero-order chi connectivity index (χ0) is 12.6. The number of nitrogens with one attached hydrogen (secondary N) is 1. The van der Waals surface area contributed by atoms with Crippen molar-refractivity contribution in [2.45, 2.75) is 12.8 Å². The van der Waals surface area contributed by atoms with Gasteiger partial charge in [0.15, 0.2) is 0 Å². The molecule has 90 valence electrons. The maximum absolute atomic E-state index is 11.9. The molecule has 0 atom stereocenters. The quantitative estimate of drug-likeness (QED) is 0.812. The van der Waals surface area contributed by atoms with Gasteiger partial charge in [-0.2, -0.15) is 0 Å². The molecule has 0 aliphatic heterocycles. The fraction of sp³-hybridized carbons (Fsp3) is 0.273. The van der Waals surface area contributed by atoms with E-state index in [-0.39, 0.29) is 0 Å². The van der Waals surface area contributed by atoms with Gasteiger partial charge in [-0.05, 0) is 47.0 Å². The van der Waals surface area contributed by atoms with Crippen LogP contribution in [0.3, 0.4) is 0 Å². The molecule has 2 N–H and O–H groups in total. The van der Waals surface area contributed by atoms with E-state index in [0.717, 1.165) is 8.95 Å². The van der Waals surface area contributed by atoms with Gasteiger partial charge in [-0.25, -0.2) is 0 Å². The smallest absolute Gasteiger partial charge is 0.319 e. The van der Waals surface area contributed by atoms with Crippen molar-refractivity contribution in [1.29, 1.82) is 0 Å². The number of carbonyl (C=O) groups is 2. The van der Waals surface area contributed by atoms with E-state index >= 15 is 0 Å². The molecule has 0 bridgehead atoms. The van der Waals surface area contributed by atoms with Gasteiger partial charge in [-0.15, -0.1) is 0 Å². The van der Waals surface area contributed by atoms with Gasteiger partial charge >= 0.3 is 5.97 Å². The molecule has 2 rings (SSSR count). The first-order valence-electron chi connectivity index (χ1n) is 4.95. The van der Waals surface area contributed by atoms with Crippen LogP contribution < -0.4 is 5.32 Å². The maximum atomic E-state index is 11.9. The number of hydrogen-bond acceptors (Lipinski definition) is 2. The number of hydrogen-bond donors (Lipinski definition) is 2. The highest BCUT2D eigenvalue weighted by Crippen LogP contribution is 2.47. The van der Waals surface area contributed by atoms with Crippen LogP contribution in [0.4, 0.5) is 5.69 Å². The van der Waals surface area contributed by atoms with Crippen LogP contribution in [0.5, 0.6) is 0 Å². The van der Waals surface area contributed by atoms with Gasteiger partial charge in [0.05, 0.1) is 5.69 Å². The molecule has 1 aromatic rings. The molecule has 1 aromatic carbocycles. The van der Waals surface area contributed by atoms with Crippen molar-refractivity contribution in [3.63, 3.8) is 0 Å². The monoisotopic (exact) mass is 361 g/mol. The molecule has 1 saturated carbocycles. The molecule has 1 aliphatic carbocycles. The van der Waals surface area contributed by atoms with Crippen LogP contribution in [0.25, 0.3) is 0 Å². The Balaban J connectivity index is 2.19. The number of benzene rings is 1. The Bertz CT molecular complexity index is 497. The second-order valence-corrected chi connectivity index (χ2v) is 5.74. The minimum Gasteiger partial charge on any atom is -0.480 e. The molecule has 6 heteroatoms. The largest absolute Gasteiger partial charge is 0.480 e. The molecular weight excluding hydrogens is 354 g/mol. The molecule has 0 heterocycles. The fourth-order valence-electron chi connectivity index (χ4n) is 1.50. The van der Waals surface area contributed by atoms with Crippen molar-refractivity contribution in [3.05, 3.63) is 27.1 Å². The van der Waals surface area contributed by atoms with Gasteiger partial charge < -0.3 is 10.4 Å². The summed E-state index contributed by atoms with van der Waals surface area (Å²) in [5, 5.41) is 11.6. The SMILES string of the molecule is O=C(O)C1(C(=O)Nc2cc(Br)ccc2Br)CC1. The van der Waals surface area contributed by atoms with Crippen molar-refractivity contribution in [2.75, 3.05) is 5.32 Å². The summed E-state index contributed by atoms with van der Waals surface area (Å²) >= 11 is 6.59. The lowest BCUT2D eigenvalue weighted by Crippen LogP contribution is -2.31. The average Bonchev–Trinajstić information content (AvgIpc) is 3.04. The summed E-state index contributed by atoms with van der Waals surface area (Å²) in [7, 11) is 0. The third-order valence-electron chi connectivity index (χ3n) is 2.77. The first-order valence-corrected chi connectivity index (χ1v) is 6.54. The van der Waals surface area contributed by atoms with Crippen LogP contribution in [0.2, 0.25) is 0 Å². The van der Waals surface area contributed by atoms with Gasteiger partial charge in [0.25, 0.3) is 0 Å². The number of rotatable bonds is 3. The number of aliphatic carboxylic acids is 1. The Morgan fingerprint density at radius 1 is 1.29 bits per heavy atom. The zero-order valence-corrected chi connectivity index (χ0v) is 11.8. The topological polar surface area (TPSA) is 66.4 Å². The minimum atomic E-state index is -1.22. The summed E-state index contributed by atoms with van der Waals surface area (Å²) in [5.41, 5.74) is -0.654. The van der Waals surface area contributed by atoms with Crippen LogP contribution in [0.15, 0.2) is 27.1 Å². The Labute approximate surface area is 115 Å². The van der Waals surface area contributed by atoms with E-state index in [0.29, 0.717) is 18.5 Å². The van der Waals surface area contributed by atoms with Crippen LogP contribution in [0.1, 0.15) is 12.8 Å². The molecule has 1 fully saturated rings. The Kier molecular flexibility index (Phi) is 3.27. The van der Waals surface area contributed by atoms with Gasteiger partial charge in [-0.3, -0.25) is 9.59 Å². The normalized spacial score (nSPS) is 16.4. The van der Waals surface area contributed by atoms with E-state index in [1.165, 1.54) is 0 Å². The zero-order valence-electron chi connectivity index (χ0n) is 8.67. The van der Waals surface area contributed by atoms with Crippen molar-refractivity contribution >= 4 is 49.4 Å². The van der Waals surface area contributed by atoms with E-state index in [9.17, 15) is 9.59 Å². The number of carbonyl (C=O) groups excluding carboxylic acids is 1. The second kappa shape index (κ2) is 4.42. The molecule has 0 saturated heterocycles. The lowest BCUT2D eigenvalue weighted by molar-refractivity contribution is -0.147. The van der Waals surface area contributed by atoms with E-state index in [4.69, 9.17) is 5.11 Å². The van der Waals surface area contributed by atoms with Crippen molar-refractivity contribution in [2.24, 2.45) is 5.41 Å². The molecule has 0 radical (unpaired) electrons. The Morgan fingerprint density at radius 3 is 2.47 bits per heavy atom. The molecule has 1 aliphatic rings. The van der Waals surface area contributed by atoms with Crippen molar-refractivity contribution in [1.82, 2.24) is 0 Å². The number of amides is 1. The molecule has 0 unspecified atom stereocenters. The lowest BCUT2D eigenvalue weighted by Gasteiger charge is -2.12. The average molecular weight is 363 g/mol. The van der Waals surface area contributed by atoms with Crippen LogP contribution in [0, 0.1) is 5.41 Å². The van der Waals surface area contributed by atoms with E-state index < -0.39 is 17.3 Å². The summed E-state index contributed by atoms with van der Waals surface area (Å²) < 4.78 is 1.53. The van der Waals surface area contributed by atoms with E-state index in [1.807, 2.05) is 6.07 Å². The maximum Gasteiger partial charge on any atom is 0.319 e. The highest BCUT2D eigenvalue weighted by Gasteiger charge is 2.57. The van der Waals surface area contributed by atoms with Crippen molar-refractivity contribution < 1.29 is 14.7 Å². The fourth-order valence-corrected chi connectivity index (χ4v) is 2.21. The number of anilines is 1. The number of carboxylic acid groups (broad SMARTS) is 1. The summed E-state index contributed by atoms with van der Waals surface area (Å²) in [4.78, 5) is 22.9. The summed E-state index contributed by atoms with van der Waals surface area (Å²) in [6.07, 6.45) is 0.805. The molecule has 0 aromatic heterocycles. The highest BCUT2D eigenvalue weighted by atomic mass is 79.9. The standard InChI is InChI=1S/C11H9Br2NO3/c12-6-1-2-7(13)8(5-6)14-9(15)11(3-4-11)10(16)17/h1-2,5H,3-4H2,(H,14,15)(H,16,17). The van der Waals surface area contributed by atoms with E-state index in [1.54, 1.807) is 12.1 Å². The third kappa shape index (κ3) is 2.37. The van der Waals surface area contributed by atoms with Crippen LogP contribution in [-0.4, -0.2) is 17.0 Å².